The van der Waals surface area contributed by atoms with Crippen molar-refractivity contribution in [2.45, 2.75) is 13.5 Å². The molecule has 1 aromatic heterocycles. The van der Waals surface area contributed by atoms with Crippen LogP contribution in [-0.2, 0) is 11.3 Å². The van der Waals surface area contributed by atoms with Gasteiger partial charge in [-0.25, -0.2) is 14.0 Å². The molecule has 0 atom stereocenters. The van der Waals surface area contributed by atoms with Crippen LogP contribution in [0.15, 0.2) is 34.1 Å². The maximum absolute atomic E-state index is 13.7. The predicted molar refractivity (Wildman–Crippen MR) is 90.2 cm³/mol. The molecule has 0 aliphatic rings. The van der Waals surface area contributed by atoms with Gasteiger partial charge in [-0.1, -0.05) is 22.0 Å². The van der Waals surface area contributed by atoms with E-state index in [0.717, 1.165) is 0 Å². The fourth-order valence-electron chi connectivity index (χ4n) is 1.76. The summed E-state index contributed by atoms with van der Waals surface area (Å²) in [6.45, 7) is 1.99. The van der Waals surface area contributed by atoms with E-state index in [-0.39, 0.29) is 13.2 Å². The largest absolute Gasteiger partial charge is 0.462 e. The number of thiophene rings is 1. The molecule has 2 N–H and O–H groups in total. The summed E-state index contributed by atoms with van der Waals surface area (Å²) in [5.74, 6) is -0.911. The summed E-state index contributed by atoms with van der Waals surface area (Å²) in [6.07, 6.45) is 0. The van der Waals surface area contributed by atoms with Crippen LogP contribution in [0.1, 0.15) is 22.8 Å². The standard InChI is InChI=1S/C15H14BrFN2O3S/c1-2-22-14(20)11-5-6-23-13(11)19-15(21)18-8-9-3-4-10(16)7-12(9)17/h3-7H,2,8H2,1H3,(H2,18,19,21). The molecule has 0 fully saturated rings. The summed E-state index contributed by atoms with van der Waals surface area (Å²) in [4.78, 5) is 23.6. The molecule has 0 unspecified atom stereocenters. The molecule has 5 nitrogen and oxygen atoms in total. The number of carbonyl (C=O) groups is 2. The van der Waals surface area contributed by atoms with Gasteiger partial charge in [0, 0.05) is 16.6 Å². The third kappa shape index (κ3) is 4.77. The molecule has 0 radical (unpaired) electrons. The van der Waals surface area contributed by atoms with Crippen LogP contribution in [0.5, 0.6) is 0 Å². The van der Waals surface area contributed by atoms with Crippen molar-refractivity contribution in [3.63, 3.8) is 0 Å². The van der Waals surface area contributed by atoms with Crippen LogP contribution in [0.25, 0.3) is 0 Å². The van der Waals surface area contributed by atoms with Gasteiger partial charge in [0.2, 0.25) is 0 Å². The van der Waals surface area contributed by atoms with Gasteiger partial charge >= 0.3 is 12.0 Å². The number of nitrogens with one attached hydrogen (secondary N) is 2. The molecular formula is C15H14BrFN2O3S. The van der Waals surface area contributed by atoms with Crippen LogP contribution in [-0.4, -0.2) is 18.6 Å². The molecule has 0 spiro atoms. The summed E-state index contributed by atoms with van der Waals surface area (Å²) in [5.41, 5.74) is 0.655. The Morgan fingerprint density at radius 1 is 1.35 bits per heavy atom. The highest BCUT2D eigenvalue weighted by atomic mass is 79.9. The van der Waals surface area contributed by atoms with Crippen molar-refractivity contribution in [1.82, 2.24) is 5.32 Å². The molecule has 0 bridgehead atoms. The smallest absolute Gasteiger partial charge is 0.341 e. The lowest BCUT2D eigenvalue weighted by Gasteiger charge is -2.09. The highest BCUT2D eigenvalue weighted by Gasteiger charge is 2.16. The number of carbonyl (C=O) groups excluding carboxylic acids is 2. The van der Waals surface area contributed by atoms with Crippen molar-refractivity contribution in [1.29, 1.82) is 0 Å². The van der Waals surface area contributed by atoms with Crippen molar-refractivity contribution < 1.29 is 18.7 Å². The Morgan fingerprint density at radius 3 is 2.83 bits per heavy atom. The molecule has 0 aliphatic carbocycles. The highest BCUT2D eigenvalue weighted by molar-refractivity contribution is 9.10. The number of halogens is 2. The number of ether oxygens (including phenoxy) is 1. The predicted octanol–water partition coefficient (Wildman–Crippen LogP) is 4.15. The SMILES string of the molecule is CCOC(=O)c1ccsc1NC(=O)NCc1ccc(Br)cc1F. The second-order valence-electron chi connectivity index (χ2n) is 4.43. The minimum atomic E-state index is -0.527. The van der Waals surface area contributed by atoms with Crippen molar-refractivity contribution in [3.05, 3.63) is 51.1 Å². The Morgan fingerprint density at radius 2 is 2.13 bits per heavy atom. The molecular weight excluding hydrogens is 387 g/mol. The average molecular weight is 401 g/mol. The van der Waals surface area contributed by atoms with Gasteiger partial charge in [-0.2, -0.15) is 0 Å². The molecule has 2 aromatic rings. The summed E-state index contributed by atoms with van der Waals surface area (Å²) in [6, 6.07) is 5.64. The molecule has 2 rings (SSSR count). The Kier molecular flexibility index (Phi) is 6.12. The van der Waals surface area contributed by atoms with Crippen LogP contribution in [0.4, 0.5) is 14.2 Å². The minimum Gasteiger partial charge on any atom is -0.462 e. The summed E-state index contributed by atoms with van der Waals surface area (Å²) in [5, 5.41) is 7.17. The minimum absolute atomic E-state index is 0.0328. The van der Waals surface area contributed by atoms with Gasteiger partial charge in [0.1, 0.15) is 10.8 Å². The van der Waals surface area contributed by atoms with Crippen LogP contribution in [0.2, 0.25) is 0 Å². The Labute approximate surface area is 145 Å². The second kappa shape index (κ2) is 8.07. The summed E-state index contributed by atoms with van der Waals surface area (Å²) >= 11 is 4.37. The number of hydrogen-bond donors (Lipinski definition) is 2. The quantitative estimate of drug-likeness (QED) is 0.740. The number of benzene rings is 1. The van der Waals surface area contributed by atoms with Gasteiger partial charge in [-0.05, 0) is 30.5 Å². The van der Waals surface area contributed by atoms with Crippen molar-refractivity contribution in [2.24, 2.45) is 0 Å². The van der Waals surface area contributed by atoms with Gasteiger partial charge < -0.3 is 10.1 Å². The summed E-state index contributed by atoms with van der Waals surface area (Å²) in [7, 11) is 0. The normalized spacial score (nSPS) is 10.2. The fourth-order valence-corrected chi connectivity index (χ4v) is 2.87. The third-order valence-electron chi connectivity index (χ3n) is 2.84. The van der Waals surface area contributed by atoms with Gasteiger partial charge in [0.15, 0.2) is 0 Å². The highest BCUT2D eigenvalue weighted by Crippen LogP contribution is 2.24. The molecule has 122 valence electrons. The first-order valence-corrected chi connectivity index (χ1v) is 8.42. The van der Waals surface area contributed by atoms with Crippen LogP contribution in [0, 0.1) is 5.82 Å². The lowest BCUT2D eigenvalue weighted by atomic mass is 10.2. The topological polar surface area (TPSA) is 67.4 Å². The number of amides is 2. The lowest BCUT2D eigenvalue weighted by Crippen LogP contribution is -2.28. The first kappa shape index (κ1) is 17.4. The molecule has 1 aromatic carbocycles. The first-order valence-electron chi connectivity index (χ1n) is 6.74. The van der Waals surface area contributed by atoms with Crippen LogP contribution >= 0.6 is 27.3 Å². The zero-order chi connectivity index (χ0) is 16.8. The molecule has 0 saturated heterocycles. The van der Waals surface area contributed by atoms with Crippen molar-refractivity contribution >= 4 is 44.3 Å². The van der Waals surface area contributed by atoms with E-state index in [2.05, 4.69) is 26.6 Å². The van der Waals surface area contributed by atoms with E-state index in [1.54, 1.807) is 30.5 Å². The molecule has 0 aliphatic heterocycles. The van der Waals surface area contributed by atoms with E-state index in [1.807, 2.05) is 0 Å². The Bertz CT molecular complexity index is 720. The molecule has 23 heavy (non-hydrogen) atoms. The molecule has 8 heteroatoms. The number of rotatable bonds is 5. The second-order valence-corrected chi connectivity index (χ2v) is 6.26. The van der Waals surface area contributed by atoms with E-state index in [1.165, 1.54) is 17.4 Å². The van der Waals surface area contributed by atoms with Crippen molar-refractivity contribution in [3.8, 4) is 0 Å². The van der Waals surface area contributed by atoms with Gasteiger partial charge in [0.25, 0.3) is 0 Å². The van der Waals surface area contributed by atoms with Crippen molar-refractivity contribution in [2.75, 3.05) is 11.9 Å². The number of anilines is 1. The summed E-state index contributed by atoms with van der Waals surface area (Å²) < 4.78 is 19.2. The number of hydrogen-bond acceptors (Lipinski definition) is 4. The van der Waals surface area contributed by atoms with Crippen LogP contribution in [0.3, 0.4) is 0 Å². The Balaban J connectivity index is 1.95. The van der Waals surface area contributed by atoms with Gasteiger partial charge in [-0.3, -0.25) is 5.32 Å². The van der Waals surface area contributed by atoms with E-state index < -0.39 is 17.8 Å². The first-order chi connectivity index (χ1) is 11.0. The van der Waals surface area contributed by atoms with E-state index in [4.69, 9.17) is 4.74 Å². The average Bonchev–Trinajstić information content (AvgIpc) is 2.94. The number of urea groups is 1. The third-order valence-corrected chi connectivity index (χ3v) is 4.17. The zero-order valence-electron chi connectivity index (χ0n) is 12.2. The Hall–Kier alpha value is -1.93. The maximum Gasteiger partial charge on any atom is 0.341 e. The van der Waals surface area contributed by atoms with E-state index >= 15 is 0 Å². The van der Waals surface area contributed by atoms with E-state index in [0.29, 0.717) is 20.6 Å². The number of esters is 1. The monoisotopic (exact) mass is 400 g/mol. The van der Waals surface area contributed by atoms with Crippen LogP contribution < -0.4 is 10.6 Å². The molecule has 0 saturated carbocycles. The van der Waals surface area contributed by atoms with Gasteiger partial charge in [-0.15, -0.1) is 11.3 Å². The molecule has 2 amide bonds. The maximum atomic E-state index is 13.7. The van der Waals surface area contributed by atoms with Gasteiger partial charge in [0.05, 0.1) is 12.2 Å². The van der Waals surface area contributed by atoms with E-state index in [9.17, 15) is 14.0 Å². The zero-order valence-corrected chi connectivity index (χ0v) is 14.6. The lowest BCUT2D eigenvalue weighted by molar-refractivity contribution is 0.0528. The molecule has 1 heterocycles. The fraction of sp³-hybridized carbons (Fsp3) is 0.200.